The first-order valence-corrected chi connectivity index (χ1v) is 12.1. The summed E-state index contributed by atoms with van der Waals surface area (Å²) in [6.45, 7) is 8.67. The van der Waals surface area contributed by atoms with Crippen LogP contribution in [0, 0.1) is 0 Å². The minimum absolute atomic E-state index is 0.0602. The van der Waals surface area contributed by atoms with Crippen LogP contribution in [-0.2, 0) is 21.4 Å². The van der Waals surface area contributed by atoms with E-state index in [9.17, 15) is 9.59 Å². The zero-order valence-corrected chi connectivity index (χ0v) is 20.5. The Morgan fingerprint density at radius 3 is 2.27 bits per heavy atom. The summed E-state index contributed by atoms with van der Waals surface area (Å²) in [5, 5.41) is 3.13. The zero-order chi connectivity index (χ0) is 23.8. The van der Waals surface area contributed by atoms with Crippen LogP contribution in [-0.4, -0.2) is 41.9 Å². The highest BCUT2D eigenvalue weighted by atomic mass is 16.5. The molecule has 5 heteroatoms. The maximum absolute atomic E-state index is 13.2. The van der Waals surface area contributed by atoms with Gasteiger partial charge in [-0.2, -0.15) is 0 Å². The van der Waals surface area contributed by atoms with E-state index in [0.717, 1.165) is 31.2 Å². The lowest BCUT2D eigenvalue weighted by Crippen LogP contribution is -2.51. The van der Waals surface area contributed by atoms with E-state index in [2.05, 4.69) is 26.1 Å². The Morgan fingerprint density at radius 1 is 1.03 bits per heavy atom. The highest BCUT2D eigenvalue weighted by molar-refractivity contribution is 5.88. The van der Waals surface area contributed by atoms with Crippen LogP contribution in [0.25, 0.3) is 0 Å². The third-order valence-electron chi connectivity index (χ3n) is 6.44. The van der Waals surface area contributed by atoms with Crippen molar-refractivity contribution in [2.75, 3.05) is 13.2 Å². The summed E-state index contributed by atoms with van der Waals surface area (Å²) in [5.74, 6) is 0.389. The van der Waals surface area contributed by atoms with Crippen molar-refractivity contribution in [3.63, 3.8) is 0 Å². The standard InChI is InChI=1S/C28H38N2O3/c1-21(27(32)29-24-12-8-9-13-24)30(19-18-22-10-6-5-7-11-22)26(31)20-33-25-16-14-23(15-17-25)28(2,3)4/h5-7,10-11,14-17,21,24H,8-9,12-13,18-20H2,1-4H3,(H,29,32). The van der Waals surface area contributed by atoms with Gasteiger partial charge in [0.05, 0.1) is 0 Å². The highest BCUT2D eigenvalue weighted by Crippen LogP contribution is 2.24. The van der Waals surface area contributed by atoms with E-state index in [1.54, 1.807) is 4.90 Å². The second-order valence-corrected chi connectivity index (χ2v) is 10.1. The number of amides is 2. The molecule has 0 heterocycles. The fourth-order valence-corrected chi connectivity index (χ4v) is 4.24. The summed E-state index contributed by atoms with van der Waals surface area (Å²) >= 11 is 0. The first-order valence-electron chi connectivity index (χ1n) is 12.1. The summed E-state index contributed by atoms with van der Waals surface area (Å²) in [7, 11) is 0. The van der Waals surface area contributed by atoms with Gasteiger partial charge in [0.25, 0.3) is 5.91 Å². The van der Waals surface area contributed by atoms with Crippen molar-refractivity contribution in [3.8, 4) is 5.75 Å². The number of carbonyl (C=O) groups excluding carboxylic acids is 2. The molecule has 5 nitrogen and oxygen atoms in total. The maximum atomic E-state index is 13.2. The summed E-state index contributed by atoms with van der Waals surface area (Å²) in [4.78, 5) is 27.7. The van der Waals surface area contributed by atoms with Gasteiger partial charge < -0.3 is 15.0 Å². The number of ether oxygens (including phenoxy) is 1. The first kappa shape index (κ1) is 24.8. The maximum Gasteiger partial charge on any atom is 0.261 e. The average molecular weight is 451 g/mol. The van der Waals surface area contributed by atoms with E-state index in [1.807, 2.05) is 61.5 Å². The predicted molar refractivity (Wildman–Crippen MR) is 132 cm³/mol. The molecule has 0 spiro atoms. The SMILES string of the molecule is CC(C(=O)NC1CCCC1)N(CCc1ccccc1)C(=O)COc1ccc(C(C)(C)C)cc1. The van der Waals surface area contributed by atoms with Crippen molar-refractivity contribution in [1.29, 1.82) is 0 Å². The van der Waals surface area contributed by atoms with Crippen molar-refractivity contribution < 1.29 is 14.3 Å². The Balaban J connectivity index is 1.64. The number of nitrogens with zero attached hydrogens (tertiary/aromatic N) is 1. The number of carbonyl (C=O) groups is 2. The second kappa shape index (κ2) is 11.4. The van der Waals surface area contributed by atoms with E-state index >= 15 is 0 Å². The topological polar surface area (TPSA) is 58.6 Å². The molecule has 1 N–H and O–H groups in total. The van der Waals surface area contributed by atoms with Gasteiger partial charge in [-0.25, -0.2) is 0 Å². The van der Waals surface area contributed by atoms with E-state index in [1.165, 1.54) is 5.56 Å². The number of rotatable bonds is 9. The molecule has 2 aromatic rings. The minimum atomic E-state index is -0.548. The van der Waals surface area contributed by atoms with Crippen LogP contribution in [0.4, 0.5) is 0 Å². The Kier molecular flexibility index (Phi) is 8.54. The summed E-state index contributed by atoms with van der Waals surface area (Å²) < 4.78 is 5.81. The van der Waals surface area contributed by atoms with Gasteiger partial charge in [-0.1, -0.05) is 76.1 Å². The molecular weight excluding hydrogens is 412 g/mol. The van der Waals surface area contributed by atoms with Crippen molar-refractivity contribution >= 4 is 11.8 Å². The second-order valence-electron chi connectivity index (χ2n) is 10.1. The van der Waals surface area contributed by atoms with Gasteiger partial charge >= 0.3 is 0 Å². The molecule has 1 unspecified atom stereocenters. The molecule has 0 bridgehead atoms. The Hall–Kier alpha value is -2.82. The number of hydrogen-bond acceptors (Lipinski definition) is 3. The molecule has 178 valence electrons. The lowest BCUT2D eigenvalue weighted by Gasteiger charge is -2.29. The molecule has 3 rings (SSSR count). The smallest absolute Gasteiger partial charge is 0.261 e. The molecule has 2 amide bonds. The van der Waals surface area contributed by atoms with Crippen LogP contribution in [0.1, 0.15) is 64.5 Å². The molecule has 1 saturated carbocycles. The Morgan fingerprint density at radius 2 is 1.67 bits per heavy atom. The predicted octanol–water partition coefficient (Wildman–Crippen LogP) is 4.88. The van der Waals surface area contributed by atoms with Crippen LogP contribution in [0.5, 0.6) is 5.75 Å². The molecular formula is C28H38N2O3. The van der Waals surface area contributed by atoms with Crippen LogP contribution >= 0.6 is 0 Å². The van der Waals surface area contributed by atoms with Gasteiger partial charge in [0.2, 0.25) is 5.91 Å². The van der Waals surface area contributed by atoms with E-state index in [0.29, 0.717) is 18.7 Å². The third kappa shape index (κ3) is 7.34. The van der Waals surface area contributed by atoms with Crippen molar-refractivity contribution in [1.82, 2.24) is 10.2 Å². The molecule has 0 aliphatic heterocycles. The van der Waals surface area contributed by atoms with Crippen molar-refractivity contribution in [2.45, 2.75) is 77.3 Å². The van der Waals surface area contributed by atoms with E-state index < -0.39 is 6.04 Å². The third-order valence-corrected chi connectivity index (χ3v) is 6.44. The lowest BCUT2D eigenvalue weighted by molar-refractivity contribution is -0.141. The zero-order valence-electron chi connectivity index (χ0n) is 20.5. The molecule has 33 heavy (non-hydrogen) atoms. The van der Waals surface area contributed by atoms with E-state index in [4.69, 9.17) is 4.74 Å². The quantitative estimate of drug-likeness (QED) is 0.592. The van der Waals surface area contributed by atoms with Gasteiger partial charge in [0.15, 0.2) is 6.61 Å². The fourth-order valence-electron chi connectivity index (χ4n) is 4.24. The fraction of sp³-hybridized carbons (Fsp3) is 0.500. The molecule has 0 aromatic heterocycles. The summed E-state index contributed by atoms with van der Waals surface area (Å²) in [6, 6.07) is 17.6. The molecule has 1 atom stereocenters. The van der Waals surface area contributed by atoms with Gasteiger partial charge in [0, 0.05) is 12.6 Å². The Labute approximate surface area is 198 Å². The van der Waals surface area contributed by atoms with Crippen LogP contribution in [0.15, 0.2) is 54.6 Å². The van der Waals surface area contributed by atoms with Crippen molar-refractivity contribution in [2.24, 2.45) is 0 Å². The van der Waals surface area contributed by atoms with Gasteiger partial charge in [0.1, 0.15) is 11.8 Å². The van der Waals surface area contributed by atoms with Crippen LogP contribution in [0.2, 0.25) is 0 Å². The average Bonchev–Trinajstić information content (AvgIpc) is 3.31. The Bertz CT molecular complexity index is 897. The number of nitrogens with one attached hydrogen (secondary N) is 1. The lowest BCUT2D eigenvalue weighted by atomic mass is 9.87. The van der Waals surface area contributed by atoms with E-state index in [-0.39, 0.29) is 29.9 Å². The van der Waals surface area contributed by atoms with Gasteiger partial charge in [-0.05, 0) is 54.9 Å². The summed E-state index contributed by atoms with van der Waals surface area (Å²) in [5.41, 5.74) is 2.41. The summed E-state index contributed by atoms with van der Waals surface area (Å²) in [6.07, 6.45) is 5.03. The number of hydrogen-bond donors (Lipinski definition) is 1. The molecule has 0 saturated heterocycles. The number of benzene rings is 2. The molecule has 2 aromatic carbocycles. The largest absolute Gasteiger partial charge is 0.484 e. The van der Waals surface area contributed by atoms with Gasteiger partial charge in [-0.3, -0.25) is 9.59 Å². The first-order chi connectivity index (χ1) is 15.7. The van der Waals surface area contributed by atoms with Crippen LogP contribution in [0.3, 0.4) is 0 Å². The minimum Gasteiger partial charge on any atom is -0.484 e. The molecule has 0 radical (unpaired) electrons. The van der Waals surface area contributed by atoms with Gasteiger partial charge in [-0.15, -0.1) is 0 Å². The van der Waals surface area contributed by atoms with Crippen LogP contribution < -0.4 is 10.1 Å². The normalized spacial score (nSPS) is 15.2. The highest BCUT2D eigenvalue weighted by Gasteiger charge is 2.28. The monoisotopic (exact) mass is 450 g/mol. The molecule has 1 fully saturated rings. The van der Waals surface area contributed by atoms with Crippen molar-refractivity contribution in [3.05, 3.63) is 65.7 Å². The molecule has 1 aliphatic carbocycles. The molecule has 1 aliphatic rings.